The van der Waals surface area contributed by atoms with Gasteiger partial charge in [0, 0.05) is 17.5 Å². The Labute approximate surface area is 142 Å². The molecule has 7 nitrogen and oxygen atoms in total. The van der Waals surface area contributed by atoms with Crippen molar-refractivity contribution < 1.29 is 20.1 Å². The fourth-order valence-electron chi connectivity index (χ4n) is 2.25. The lowest BCUT2D eigenvalue weighted by Gasteiger charge is -2.34. The minimum Gasteiger partial charge on any atom is -0.475 e. The van der Waals surface area contributed by atoms with Crippen LogP contribution >= 0.6 is 11.8 Å². The van der Waals surface area contributed by atoms with Gasteiger partial charge < -0.3 is 20.1 Å². The van der Waals surface area contributed by atoms with E-state index in [9.17, 15) is 15.3 Å². The number of ether oxygens (including phenoxy) is 1. The zero-order valence-electron chi connectivity index (χ0n) is 12.5. The van der Waals surface area contributed by atoms with Crippen molar-refractivity contribution in [3.63, 3.8) is 0 Å². The van der Waals surface area contributed by atoms with Crippen molar-refractivity contribution in [2.45, 2.75) is 23.7 Å². The third-order valence-corrected chi connectivity index (χ3v) is 4.85. The van der Waals surface area contributed by atoms with Gasteiger partial charge in [-0.25, -0.2) is 4.98 Å². The summed E-state index contributed by atoms with van der Waals surface area (Å²) in [5, 5.41) is 37.9. The number of pyridine rings is 2. The highest BCUT2D eigenvalue weighted by molar-refractivity contribution is 7.99. The van der Waals surface area contributed by atoms with Crippen molar-refractivity contribution in [3.05, 3.63) is 42.4 Å². The van der Waals surface area contributed by atoms with Gasteiger partial charge in [-0.1, -0.05) is 0 Å². The molecule has 24 heavy (non-hydrogen) atoms. The smallest absolute Gasteiger partial charge is 0.173 e. The van der Waals surface area contributed by atoms with E-state index in [1.807, 2.05) is 6.07 Å². The van der Waals surface area contributed by atoms with Crippen LogP contribution in [0, 0.1) is 11.3 Å². The predicted molar refractivity (Wildman–Crippen MR) is 87.1 cm³/mol. The van der Waals surface area contributed by atoms with Crippen LogP contribution in [0.5, 0.6) is 5.75 Å². The van der Waals surface area contributed by atoms with Gasteiger partial charge in [0.15, 0.2) is 5.44 Å². The lowest BCUT2D eigenvalue weighted by Crippen LogP contribution is -2.50. The molecule has 2 aromatic heterocycles. The second kappa shape index (κ2) is 7.15. The molecule has 0 amide bonds. The maximum absolute atomic E-state index is 9.94. The molecular weight excluding hydrogens is 330 g/mol. The molecule has 0 aromatic carbocycles. The fourth-order valence-corrected chi connectivity index (χ4v) is 3.37. The van der Waals surface area contributed by atoms with Gasteiger partial charge in [-0.2, -0.15) is 5.26 Å². The molecule has 0 unspecified atom stereocenters. The van der Waals surface area contributed by atoms with E-state index in [-0.39, 0.29) is 5.75 Å². The zero-order valence-corrected chi connectivity index (χ0v) is 13.3. The Morgan fingerprint density at radius 1 is 1.08 bits per heavy atom. The van der Waals surface area contributed by atoms with E-state index in [1.54, 1.807) is 30.5 Å². The summed E-state index contributed by atoms with van der Waals surface area (Å²) in [6, 6.07) is 8.77. The van der Waals surface area contributed by atoms with Crippen LogP contribution in [0.1, 0.15) is 5.69 Å². The number of aliphatic hydroxyl groups excluding tert-OH is 3. The predicted octanol–water partition coefficient (Wildman–Crippen LogP) is 0.550. The summed E-state index contributed by atoms with van der Waals surface area (Å²) in [7, 11) is 0. The number of thioether (sulfide) groups is 1. The Kier molecular flexibility index (Phi) is 4.97. The third kappa shape index (κ3) is 3.49. The van der Waals surface area contributed by atoms with E-state index in [2.05, 4.69) is 9.97 Å². The number of rotatable bonds is 3. The molecule has 0 spiro atoms. The maximum Gasteiger partial charge on any atom is 0.173 e. The first-order valence-corrected chi connectivity index (χ1v) is 8.28. The average molecular weight is 345 g/mol. The quantitative estimate of drug-likeness (QED) is 0.738. The van der Waals surface area contributed by atoms with Crippen LogP contribution in [0.3, 0.4) is 0 Å². The van der Waals surface area contributed by atoms with Gasteiger partial charge in [-0.3, -0.25) is 4.98 Å². The largest absolute Gasteiger partial charge is 0.475 e. The molecule has 3 rings (SSSR count). The molecule has 1 saturated heterocycles. The van der Waals surface area contributed by atoms with Crippen LogP contribution in [0.15, 0.2) is 36.7 Å². The summed E-state index contributed by atoms with van der Waals surface area (Å²) in [5.74, 6) is 0.728. The van der Waals surface area contributed by atoms with E-state index in [0.29, 0.717) is 17.1 Å². The first-order chi connectivity index (χ1) is 11.6. The summed E-state index contributed by atoms with van der Waals surface area (Å²) in [6.07, 6.45) is -0.290. The van der Waals surface area contributed by atoms with E-state index in [0.717, 1.165) is 5.56 Å². The van der Waals surface area contributed by atoms with Crippen molar-refractivity contribution in [1.82, 2.24) is 9.97 Å². The lowest BCUT2D eigenvalue weighted by molar-refractivity contribution is -0.0786. The third-order valence-electron chi connectivity index (χ3n) is 3.62. The van der Waals surface area contributed by atoms with Crippen molar-refractivity contribution in [2.75, 3.05) is 5.75 Å². The number of aliphatic hydroxyl groups is 3. The van der Waals surface area contributed by atoms with E-state index < -0.39 is 23.7 Å². The van der Waals surface area contributed by atoms with Gasteiger partial charge in [-0.05, 0) is 24.3 Å². The molecule has 0 aliphatic carbocycles. The highest BCUT2D eigenvalue weighted by Gasteiger charge is 2.38. The fraction of sp³-hybridized carbons (Fsp3) is 0.312. The first-order valence-electron chi connectivity index (χ1n) is 7.23. The summed E-state index contributed by atoms with van der Waals surface area (Å²) in [6.45, 7) is 0. The molecule has 1 aliphatic rings. The average Bonchev–Trinajstić information content (AvgIpc) is 2.63. The van der Waals surface area contributed by atoms with E-state index >= 15 is 0 Å². The van der Waals surface area contributed by atoms with Crippen LogP contribution in [-0.4, -0.2) is 54.8 Å². The monoisotopic (exact) mass is 345 g/mol. The standard InChI is InChI=1S/C16H15N3O4S/c17-5-10-2-1-9(6-18-10)12-4-3-11(7-19-12)23-16-15(22)14(21)13(20)8-24-16/h1-4,6-7,13-16,20-22H,8H2/t13-,14+,15-,16+/m1/s1. The Balaban J connectivity index is 1.69. The first kappa shape index (κ1) is 16.7. The maximum atomic E-state index is 9.94. The van der Waals surface area contributed by atoms with Crippen LogP contribution < -0.4 is 4.74 Å². The Bertz CT molecular complexity index is 732. The van der Waals surface area contributed by atoms with Gasteiger partial charge in [0.1, 0.15) is 29.7 Å². The van der Waals surface area contributed by atoms with Crippen LogP contribution in [0.4, 0.5) is 0 Å². The SMILES string of the molecule is N#Cc1ccc(-c2ccc(O[C@H]3SC[C@@H](O)[C@H](O)[C@H]3O)cn2)cn1. The van der Waals surface area contributed by atoms with Crippen molar-refractivity contribution in [1.29, 1.82) is 5.26 Å². The minimum atomic E-state index is -1.23. The number of nitriles is 1. The van der Waals surface area contributed by atoms with Gasteiger partial charge in [0.05, 0.1) is 18.0 Å². The Morgan fingerprint density at radius 3 is 2.54 bits per heavy atom. The second-order valence-corrected chi connectivity index (χ2v) is 6.42. The molecule has 1 aliphatic heterocycles. The molecule has 1 fully saturated rings. The van der Waals surface area contributed by atoms with Crippen LogP contribution in [0.25, 0.3) is 11.3 Å². The molecule has 0 bridgehead atoms. The van der Waals surface area contributed by atoms with E-state index in [1.165, 1.54) is 18.0 Å². The lowest BCUT2D eigenvalue weighted by atomic mass is 10.1. The number of aromatic nitrogens is 2. The molecular formula is C16H15N3O4S. The zero-order chi connectivity index (χ0) is 17.1. The summed E-state index contributed by atoms with van der Waals surface area (Å²) >= 11 is 1.23. The Hall–Kier alpha value is -2.18. The van der Waals surface area contributed by atoms with Crippen molar-refractivity contribution in [3.8, 4) is 23.1 Å². The molecule has 3 N–H and O–H groups in total. The number of hydrogen-bond donors (Lipinski definition) is 3. The second-order valence-electron chi connectivity index (χ2n) is 5.29. The summed E-state index contributed by atoms with van der Waals surface area (Å²) in [5.41, 5.74) is 1.10. The van der Waals surface area contributed by atoms with Gasteiger partial charge in [0.25, 0.3) is 0 Å². The molecule has 3 heterocycles. The van der Waals surface area contributed by atoms with Crippen molar-refractivity contribution in [2.24, 2.45) is 0 Å². The molecule has 0 radical (unpaired) electrons. The van der Waals surface area contributed by atoms with Crippen LogP contribution in [0.2, 0.25) is 0 Å². The van der Waals surface area contributed by atoms with E-state index in [4.69, 9.17) is 10.00 Å². The van der Waals surface area contributed by atoms with Crippen LogP contribution in [-0.2, 0) is 0 Å². The molecule has 124 valence electrons. The van der Waals surface area contributed by atoms with Gasteiger partial charge >= 0.3 is 0 Å². The summed E-state index contributed by atoms with van der Waals surface area (Å²) in [4.78, 5) is 8.27. The molecule has 8 heteroatoms. The van der Waals surface area contributed by atoms with Crippen molar-refractivity contribution >= 4 is 11.8 Å². The minimum absolute atomic E-state index is 0.283. The molecule has 2 aromatic rings. The Morgan fingerprint density at radius 2 is 1.92 bits per heavy atom. The number of hydrogen-bond acceptors (Lipinski definition) is 8. The molecule has 4 atom stereocenters. The van der Waals surface area contributed by atoms with Gasteiger partial charge in [-0.15, -0.1) is 11.8 Å². The highest BCUT2D eigenvalue weighted by Crippen LogP contribution is 2.29. The number of nitrogens with zero attached hydrogens (tertiary/aromatic N) is 3. The normalized spacial score (nSPS) is 26.6. The summed E-state index contributed by atoms with van der Waals surface area (Å²) < 4.78 is 5.63. The highest BCUT2D eigenvalue weighted by atomic mass is 32.2. The topological polar surface area (TPSA) is 119 Å². The molecule has 0 saturated carbocycles. The van der Waals surface area contributed by atoms with Gasteiger partial charge in [0.2, 0.25) is 0 Å².